The van der Waals surface area contributed by atoms with Gasteiger partial charge in [0.15, 0.2) is 0 Å². The lowest BCUT2D eigenvalue weighted by atomic mass is 10.0. The fourth-order valence-electron chi connectivity index (χ4n) is 2.99. The van der Waals surface area contributed by atoms with Gasteiger partial charge in [-0.1, -0.05) is 60.3 Å². The average Bonchev–Trinajstić information content (AvgIpc) is 3.03. The van der Waals surface area contributed by atoms with Gasteiger partial charge in [0.1, 0.15) is 11.1 Å². The van der Waals surface area contributed by atoms with Crippen LogP contribution >= 0.6 is 11.8 Å². The van der Waals surface area contributed by atoms with Crippen molar-refractivity contribution in [1.29, 1.82) is 0 Å². The topological polar surface area (TPSA) is 71.8 Å². The molecule has 2 atom stereocenters. The number of nitrogens with one attached hydrogen (secondary N) is 2. The number of benzene rings is 2. The van der Waals surface area contributed by atoms with E-state index in [9.17, 15) is 4.79 Å². The third kappa shape index (κ3) is 3.06. The van der Waals surface area contributed by atoms with E-state index in [0.29, 0.717) is 5.16 Å². The van der Waals surface area contributed by atoms with Crippen LogP contribution in [0.15, 0.2) is 59.8 Å². The molecule has 0 aliphatic carbocycles. The molecule has 2 heterocycles. The SMILES string of the molecule is Cc1ccccc1NC(=O)[C@H]1Sc2nnc(C)n2N[C@@H]1c1ccccc1. The van der Waals surface area contributed by atoms with Crippen molar-refractivity contribution in [2.75, 3.05) is 10.7 Å². The maximum absolute atomic E-state index is 13.1. The van der Waals surface area contributed by atoms with Crippen LogP contribution in [-0.2, 0) is 4.79 Å². The predicted octanol–water partition coefficient (Wildman–Crippen LogP) is 3.29. The molecule has 0 spiro atoms. The van der Waals surface area contributed by atoms with Crippen LogP contribution in [0.25, 0.3) is 0 Å². The first-order valence-electron chi connectivity index (χ1n) is 8.40. The highest BCUT2D eigenvalue weighted by atomic mass is 32.2. The largest absolute Gasteiger partial charge is 0.325 e. The number of carbonyl (C=O) groups is 1. The van der Waals surface area contributed by atoms with Gasteiger partial charge in [0, 0.05) is 5.69 Å². The van der Waals surface area contributed by atoms with E-state index in [4.69, 9.17) is 0 Å². The summed E-state index contributed by atoms with van der Waals surface area (Å²) in [6.45, 7) is 3.87. The summed E-state index contributed by atoms with van der Waals surface area (Å²) in [5.41, 5.74) is 6.31. The van der Waals surface area contributed by atoms with Crippen LogP contribution in [0.4, 0.5) is 5.69 Å². The Morgan fingerprint density at radius 2 is 1.81 bits per heavy atom. The molecule has 4 rings (SSSR count). The highest BCUT2D eigenvalue weighted by molar-refractivity contribution is 8.00. The van der Waals surface area contributed by atoms with E-state index in [1.807, 2.05) is 73.1 Å². The van der Waals surface area contributed by atoms with E-state index in [1.165, 1.54) is 11.8 Å². The Hall–Kier alpha value is -2.80. The second kappa shape index (κ2) is 6.84. The molecule has 2 aromatic carbocycles. The number of thioether (sulfide) groups is 1. The summed E-state index contributed by atoms with van der Waals surface area (Å²) in [4.78, 5) is 13.1. The molecule has 7 heteroatoms. The van der Waals surface area contributed by atoms with Crippen molar-refractivity contribution in [2.24, 2.45) is 0 Å². The molecule has 132 valence electrons. The Bertz CT molecular complexity index is 940. The van der Waals surface area contributed by atoms with Crippen LogP contribution < -0.4 is 10.7 Å². The number of amides is 1. The van der Waals surface area contributed by atoms with Crippen LogP contribution in [0.2, 0.25) is 0 Å². The van der Waals surface area contributed by atoms with Crippen LogP contribution in [0.3, 0.4) is 0 Å². The smallest absolute Gasteiger partial charge is 0.240 e. The summed E-state index contributed by atoms with van der Waals surface area (Å²) in [5, 5.41) is 11.7. The van der Waals surface area contributed by atoms with Crippen LogP contribution in [0.1, 0.15) is 23.0 Å². The van der Waals surface area contributed by atoms with E-state index in [0.717, 1.165) is 22.6 Å². The van der Waals surface area contributed by atoms with E-state index in [1.54, 1.807) is 0 Å². The number of nitrogens with zero attached hydrogens (tertiary/aromatic N) is 3. The molecule has 6 nitrogen and oxygen atoms in total. The van der Waals surface area contributed by atoms with Crippen molar-refractivity contribution >= 4 is 23.4 Å². The quantitative estimate of drug-likeness (QED) is 0.745. The summed E-state index contributed by atoms with van der Waals surface area (Å²) >= 11 is 1.43. The lowest BCUT2D eigenvalue weighted by Crippen LogP contribution is -2.41. The van der Waals surface area contributed by atoms with E-state index in [2.05, 4.69) is 20.9 Å². The molecule has 1 aliphatic rings. The third-order valence-corrected chi connectivity index (χ3v) is 5.63. The Morgan fingerprint density at radius 3 is 2.58 bits per heavy atom. The van der Waals surface area contributed by atoms with Crippen molar-refractivity contribution < 1.29 is 4.79 Å². The lowest BCUT2D eigenvalue weighted by molar-refractivity contribution is -0.116. The van der Waals surface area contributed by atoms with Crippen molar-refractivity contribution in [3.05, 3.63) is 71.5 Å². The van der Waals surface area contributed by atoms with Gasteiger partial charge in [-0.2, -0.15) is 0 Å². The number of fused-ring (bicyclic) bond motifs is 1. The van der Waals surface area contributed by atoms with E-state index in [-0.39, 0.29) is 17.2 Å². The molecule has 26 heavy (non-hydrogen) atoms. The normalized spacial score (nSPS) is 18.7. The first-order chi connectivity index (χ1) is 12.6. The number of rotatable bonds is 3. The molecule has 1 aromatic heterocycles. The molecule has 1 aliphatic heterocycles. The van der Waals surface area contributed by atoms with Crippen molar-refractivity contribution in [3.8, 4) is 0 Å². The van der Waals surface area contributed by atoms with Gasteiger partial charge in [0.25, 0.3) is 0 Å². The first-order valence-corrected chi connectivity index (χ1v) is 9.28. The Kier molecular flexibility index (Phi) is 4.38. The van der Waals surface area contributed by atoms with Crippen LogP contribution in [0.5, 0.6) is 0 Å². The van der Waals surface area contributed by atoms with E-state index >= 15 is 0 Å². The van der Waals surface area contributed by atoms with Gasteiger partial charge < -0.3 is 10.7 Å². The molecule has 2 N–H and O–H groups in total. The molecule has 0 radical (unpaired) electrons. The number of hydrogen-bond acceptors (Lipinski definition) is 5. The predicted molar refractivity (Wildman–Crippen MR) is 103 cm³/mol. The Labute approximate surface area is 156 Å². The van der Waals surface area contributed by atoms with Crippen molar-refractivity contribution in [1.82, 2.24) is 14.9 Å². The van der Waals surface area contributed by atoms with Gasteiger partial charge >= 0.3 is 0 Å². The van der Waals surface area contributed by atoms with Gasteiger partial charge in [-0.25, -0.2) is 4.68 Å². The molecule has 0 saturated carbocycles. The molecule has 3 aromatic rings. The number of para-hydroxylation sites is 1. The second-order valence-electron chi connectivity index (χ2n) is 6.23. The molecule has 0 bridgehead atoms. The van der Waals surface area contributed by atoms with Gasteiger partial charge in [-0.05, 0) is 31.0 Å². The maximum atomic E-state index is 13.1. The highest BCUT2D eigenvalue weighted by Crippen LogP contribution is 2.37. The number of anilines is 1. The monoisotopic (exact) mass is 365 g/mol. The summed E-state index contributed by atoms with van der Waals surface area (Å²) in [6, 6.07) is 17.6. The molecule has 0 saturated heterocycles. The van der Waals surface area contributed by atoms with Gasteiger partial charge in [-0.3, -0.25) is 4.79 Å². The Balaban J connectivity index is 1.67. The van der Waals surface area contributed by atoms with E-state index < -0.39 is 0 Å². The van der Waals surface area contributed by atoms with Gasteiger partial charge in [0.05, 0.1) is 6.04 Å². The minimum absolute atomic E-state index is 0.0578. The Morgan fingerprint density at radius 1 is 1.08 bits per heavy atom. The summed E-state index contributed by atoms with van der Waals surface area (Å²) in [7, 11) is 0. The highest BCUT2D eigenvalue weighted by Gasteiger charge is 2.37. The third-order valence-electron chi connectivity index (χ3n) is 4.42. The molecule has 0 unspecified atom stereocenters. The zero-order chi connectivity index (χ0) is 18.1. The van der Waals surface area contributed by atoms with Crippen LogP contribution in [-0.4, -0.2) is 26.0 Å². The summed E-state index contributed by atoms with van der Waals surface area (Å²) in [6.07, 6.45) is 0. The number of aromatic nitrogens is 3. The molecule has 1 amide bonds. The minimum atomic E-state index is -0.367. The summed E-state index contributed by atoms with van der Waals surface area (Å²) < 4.78 is 1.85. The standard InChI is InChI=1S/C19H19N5OS/c1-12-8-6-7-11-15(12)20-18(25)17-16(14-9-4-3-5-10-14)23-24-13(2)21-22-19(24)26-17/h3-11,16-17,23H,1-2H3,(H,20,25)/t16-,17+/m1/s1. The van der Waals surface area contributed by atoms with Crippen molar-refractivity contribution in [3.63, 3.8) is 0 Å². The van der Waals surface area contributed by atoms with Gasteiger partial charge in [-0.15, -0.1) is 10.2 Å². The minimum Gasteiger partial charge on any atom is -0.325 e. The van der Waals surface area contributed by atoms with Gasteiger partial charge in [0.2, 0.25) is 11.1 Å². The maximum Gasteiger partial charge on any atom is 0.240 e. The average molecular weight is 365 g/mol. The fraction of sp³-hybridized carbons (Fsp3) is 0.211. The van der Waals surface area contributed by atoms with Crippen LogP contribution in [0, 0.1) is 13.8 Å². The number of hydrogen-bond donors (Lipinski definition) is 2. The first kappa shape index (κ1) is 16.7. The second-order valence-corrected chi connectivity index (χ2v) is 7.33. The lowest BCUT2D eigenvalue weighted by Gasteiger charge is -2.32. The fourth-order valence-corrected chi connectivity index (χ4v) is 4.11. The molecular weight excluding hydrogens is 346 g/mol. The molecule has 0 fully saturated rings. The molecular formula is C19H19N5OS. The van der Waals surface area contributed by atoms with Crippen molar-refractivity contribution in [2.45, 2.75) is 30.3 Å². The summed E-state index contributed by atoms with van der Waals surface area (Å²) in [5.74, 6) is 0.712. The zero-order valence-electron chi connectivity index (χ0n) is 14.5. The zero-order valence-corrected chi connectivity index (χ0v) is 15.3. The number of carbonyl (C=O) groups excluding carboxylic acids is 1. The number of aryl methyl sites for hydroxylation is 2.